The molecule has 0 aromatic heterocycles. The normalized spacial score (nSPS) is 12.5. The van der Waals surface area contributed by atoms with Crippen LogP contribution in [0, 0.1) is 13.8 Å². The minimum Gasteiger partial charge on any atom is -0.350 e. The summed E-state index contributed by atoms with van der Waals surface area (Å²) in [5.74, 6) is -0.915. The first-order valence-corrected chi connectivity index (χ1v) is 15.8. The molecule has 0 saturated carbocycles. The first kappa shape index (κ1) is 32.4. The van der Waals surface area contributed by atoms with E-state index < -0.39 is 34.1 Å². The molecule has 0 aliphatic carbocycles. The van der Waals surface area contributed by atoms with E-state index in [1.165, 1.54) is 4.90 Å². The van der Waals surface area contributed by atoms with Gasteiger partial charge in [0.25, 0.3) is 0 Å². The zero-order valence-corrected chi connectivity index (χ0v) is 26.6. The van der Waals surface area contributed by atoms with Crippen LogP contribution in [0.15, 0.2) is 66.7 Å². The van der Waals surface area contributed by atoms with Crippen molar-refractivity contribution in [2.45, 2.75) is 59.2 Å². The molecule has 1 N–H and O–H groups in total. The number of nitrogens with zero attached hydrogens (tertiary/aromatic N) is 2. The van der Waals surface area contributed by atoms with Gasteiger partial charge >= 0.3 is 0 Å². The van der Waals surface area contributed by atoms with E-state index >= 15 is 0 Å². The molecule has 0 spiro atoms. The average Bonchev–Trinajstić information content (AvgIpc) is 2.86. The zero-order valence-electron chi connectivity index (χ0n) is 24.2. The molecule has 3 rings (SSSR count). The number of aryl methyl sites for hydroxylation is 2. The Balaban J connectivity index is 2.11. The number of nitrogens with one attached hydrogen (secondary N) is 1. The highest BCUT2D eigenvalue weighted by atomic mass is 35.5. The summed E-state index contributed by atoms with van der Waals surface area (Å²) in [5.41, 5.74) is 3.09. The zero-order chi connectivity index (χ0) is 30.5. The highest BCUT2D eigenvalue weighted by Crippen LogP contribution is 2.26. The maximum atomic E-state index is 14.2. The molecule has 3 aromatic rings. The van der Waals surface area contributed by atoms with Gasteiger partial charge in [-0.2, -0.15) is 0 Å². The van der Waals surface area contributed by atoms with Crippen molar-refractivity contribution in [2.24, 2.45) is 0 Å². The van der Waals surface area contributed by atoms with Crippen LogP contribution < -0.4 is 9.62 Å². The fourth-order valence-corrected chi connectivity index (χ4v) is 5.64. The number of halogens is 2. The number of carbonyl (C=O) groups excluding carboxylic acids is 2. The Morgan fingerprint density at radius 3 is 2.15 bits per heavy atom. The Morgan fingerprint density at radius 2 is 1.59 bits per heavy atom. The maximum Gasteiger partial charge on any atom is 0.244 e. The van der Waals surface area contributed by atoms with Crippen molar-refractivity contribution in [1.82, 2.24) is 10.2 Å². The number of hydrogen-bond acceptors (Lipinski definition) is 4. The van der Waals surface area contributed by atoms with E-state index in [1.807, 2.05) is 71.0 Å². The van der Waals surface area contributed by atoms with Crippen LogP contribution in [0.4, 0.5) is 5.69 Å². The summed E-state index contributed by atoms with van der Waals surface area (Å²) in [6.45, 7) is 8.85. The molecule has 0 aliphatic heterocycles. The minimum atomic E-state index is -3.85. The monoisotopic (exact) mass is 617 g/mol. The number of benzene rings is 3. The maximum absolute atomic E-state index is 14.2. The number of sulfonamides is 1. The van der Waals surface area contributed by atoms with Gasteiger partial charge < -0.3 is 10.2 Å². The molecular formula is C31H37Cl2N3O4S. The van der Waals surface area contributed by atoms with Crippen LogP contribution >= 0.6 is 23.2 Å². The van der Waals surface area contributed by atoms with Crippen molar-refractivity contribution in [3.63, 3.8) is 0 Å². The lowest BCUT2D eigenvalue weighted by Gasteiger charge is -2.35. The predicted octanol–water partition coefficient (Wildman–Crippen LogP) is 5.93. The van der Waals surface area contributed by atoms with Gasteiger partial charge in [-0.1, -0.05) is 65.7 Å². The van der Waals surface area contributed by atoms with Gasteiger partial charge in [0.05, 0.1) is 11.9 Å². The molecule has 0 radical (unpaired) electrons. The third-order valence-electron chi connectivity index (χ3n) is 6.58. The summed E-state index contributed by atoms with van der Waals surface area (Å²) in [4.78, 5) is 29.4. The minimum absolute atomic E-state index is 0.0333. The molecule has 0 aliphatic rings. The summed E-state index contributed by atoms with van der Waals surface area (Å²) in [6, 6.07) is 18.5. The topological polar surface area (TPSA) is 86.8 Å². The van der Waals surface area contributed by atoms with Crippen LogP contribution in [0.5, 0.6) is 0 Å². The summed E-state index contributed by atoms with van der Waals surface area (Å²) in [7, 11) is -3.85. The van der Waals surface area contributed by atoms with E-state index in [0.29, 0.717) is 21.3 Å². The van der Waals surface area contributed by atoms with E-state index in [4.69, 9.17) is 23.2 Å². The number of carbonyl (C=O) groups is 2. The fraction of sp³-hybridized carbons (Fsp3) is 0.355. The fourth-order valence-electron chi connectivity index (χ4n) is 4.33. The summed E-state index contributed by atoms with van der Waals surface area (Å²) >= 11 is 12.6. The summed E-state index contributed by atoms with van der Waals surface area (Å²) in [5, 5.41) is 3.76. The van der Waals surface area contributed by atoms with Crippen LogP contribution in [0.2, 0.25) is 10.0 Å². The van der Waals surface area contributed by atoms with E-state index in [0.717, 1.165) is 27.3 Å². The smallest absolute Gasteiger partial charge is 0.244 e. The molecule has 0 heterocycles. The SMILES string of the molecule is Cc1ccc(N(CC(=O)N(Cc2ccc(Cl)cc2Cl)[C@@H](Cc2ccccc2)C(=O)NC(C)(C)C)S(C)(=O)=O)cc1C. The highest BCUT2D eigenvalue weighted by Gasteiger charge is 2.34. The second-order valence-corrected chi connectivity index (χ2v) is 14.0. The van der Waals surface area contributed by atoms with Gasteiger partial charge in [0, 0.05) is 28.5 Å². The average molecular weight is 619 g/mol. The molecule has 2 amide bonds. The lowest BCUT2D eigenvalue weighted by Crippen LogP contribution is -2.56. The second-order valence-electron chi connectivity index (χ2n) is 11.2. The van der Waals surface area contributed by atoms with Crippen molar-refractivity contribution >= 4 is 50.7 Å². The summed E-state index contributed by atoms with van der Waals surface area (Å²) < 4.78 is 27.0. The number of amides is 2. The van der Waals surface area contributed by atoms with Gasteiger partial charge in [0.15, 0.2) is 0 Å². The van der Waals surface area contributed by atoms with Gasteiger partial charge in [0.2, 0.25) is 21.8 Å². The standard InChI is InChI=1S/C31H37Cl2N3O4S/c1-21-12-15-26(16-22(21)2)36(41(6,39)40)20-29(37)35(19-24-13-14-25(32)18-27(24)33)28(30(38)34-31(3,4)5)17-23-10-8-7-9-11-23/h7-16,18,28H,17,19-20H2,1-6H3,(H,34,38)/t28-/m0/s1. The van der Waals surface area contributed by atoms with E-state index in [1.54, 1.807) is 30.3 Å². The van der Waals surface area contributed by atoms with Gasteiger partial charge in [-0.15, -0.1) is 0 Å². The number of rotatable bonds is 10. The lowest BCUT2D eigenvalue weighted by molar-refractivity contribution is -0.140. The van der Waals surface area contributed by atoms with Crippen molar-refractivity contribution in [3.8, 4) is 0 Å². The molecular weight excluding hydrogens is 581 g/mol. The highest BCUT2D eigenvalue weighted by molar-refractivity contribution is 7.92. The molecule has 3 aromatic carbocycles. The van der Waals surface area contributed by atoms with Crippen LogP contribution in [-0.2, 0) is 32.6 Å². The first-order valence-electron chi connectivity index (χ1n) is 13.2. The van der Waals surface area contributed by atoms with Crippen molar-refractivity contribution in [2.75, 3.05) is 17.1 Å². The van der Waals surface area contributed by atoms with Gasteiger partial charge in [-0.25, -0.2) is 8.42 Å². The Bertz CT molecular complexity index is 1510. The Hall–Kier alpha value is -3.07. The number of hydrogen-bond donors (Lipinski definition) is 1. The molecule has 0 unspecified atom stereocenters. The third kappa shape index (κ3) is 9.21. The predicted molar refractivity (Wildman–Crippen MR) is 167 cm³/mol. The van der Waals surface area contributed by atoms with Gasteiger partial charge in [-0.3, -0.25) is 13.9 Å². The van der Waals surface area contributed by atoms with Crippen molar-refractivity contribution in [1.29, 1.82) is 0 Å². The van der Waals surface area contributed by atoms with E-state index in [-0.39, 0.29) is 18.9 Å². The number of anilines is 1. The van der Waals surface area contributed by atoms with E-state index in [9.17, 15) is 18.0 Å². The van der Waals surface area contributed by atoms with Crippen molar-refractivity contribution in [3.05, 3.63) is 99.0 Å². The van der Waals surface area contributed by atoms with Crippen LogP contribution in [-0.4, -0.2) is 49.5 Å². The third-order valence-corrected chi connectivity index (χ3v) is 8.31. The molecule has 0 fully saturated rings. The Kier molecular flexibility index (Phi) is 10.5. The van der Waals surface area contributed by atoms with Crippen LogP contribution in [0.25, 0.3) is 0 Å². The molecule has 220 valence electrons. The Labute approximate surface area is 253 Å². The van der Waals surface area contributed by atoms with Crippen LogP contribution in [0.1, 0.15) is 43.0 Å². The van der Waals surface area contributed by atoms with E-state index in [2.05, 4.69) is 5.32 Å². The molecule has 1 atom stereocenters. The molecule has 7 nitrogen and oxygen atoms in total. The molecule has 0 bridgehead atoms. The van der Waals surface area contributed by atoms with Gasteiger partial charge in [-0.05, 0) is 81.1 Å². The molecule has 41 heavy (non-hydrogen) atoms. The largest absolute Gasteiger partial charge is 0.350 e. The summed E-state index contributed by atoms with van der Waals surface area (Å²) in [6.07, 6.45) is 1.27. The molecule has 10 heteroatoms. The quantitative estimate of drug-likeness (QED) is 0.305. The van der Waals surface area contributed by atoms with Gasteiger partial charge in [0.1, 0.15) is 12.6 Å². The molecule has 0 saturated heterocycles. The van der Waals surface area contributed by atoms with Crippen molar-refractivity contribution < 1.29 is 18.0 Å². The lowest BCUT2D eigenvalue weighted by atomic mass is 10.0. The van der Waals surface area contributed by atoms with Crippen LogP contribution in [0.3, 0.4) is 0 Å². The first-order chi connectivity index (χ1) is 19.0. The second kappa shape index (κ2) is 13.3. The Morgan fingerprint density at radius 1 is 0.927 bits per heavy atom.